The summed E-state index contributed by atoms with van der Waals surface area (Å²) in [6.45, 7) is 5.30. The molecule has 4 heterocycles. The third-order valence-electron chi connectivity index (χ3n) is 5.43. The van der Waals surface area contributed by atoms with E-state index in [1.807, 2.05) is 13.8 Å². The number of hydrogen-bond donors (Lipinski definition) is 2. The van der Waals surface area contributed by atoms with Crippen LogP contribution in [0.2, 0.25) is 0 Å². The molecule has 7 nitrogen and oxygen atoms in total. The molecule has 1 saturated heterocycles. The summed E-state index contributed by atoms with van der Waals surface area (Å²) in [6.07, 6.45) is 1.64. The first kappa shape index (κ1) is 19.7. The molecule has 10 heteroatoms. The lowest BCUT2D eigenvalue weighted by Crippen LogP contribution is -2.45. The molecular formula is C21H21F3N6O. The van der Waals surface area contributed by atoms with Gasteiger partial charge < -0.3 is 20.3 Å². The number of halogens is 3. The van der Waals surface area contributed by atoms with Crippen molar-refractivity contribution in [1.29, 1.82) is 0 Å². The number of benzene rings is 1. The summed E-state index contributed by atoms with van der Waals surface area (Å²) in [5.74, 6) is -1.45. The number of aromatic nitrogens is 3. The Morgan fingerprint density at radius 2 is 1.71 bits per heavy atom. The van der Waals surface area contributed by atoms with E-state index < -0.39 is 23.6 Å². The highest BCUT2D eigenvalue weighted by Gasteiger charge is 2.30. The maximum atomic E-state index is 14.6. The Hall–Kier alpha value is -3.27. The van der Waals surface area contributed by atoms with E-state index in [2.05, 4.69) is 25.6 Å². The monoisotopic (exact) mass is 430 g/mol. The lowest BCUT2D eigenvalue weighted by Gasteiger charge is -2.36. The molecule has 2 aliphatic heterocycles. The molecule has 0 spiro atoms. The van der Waals surface area contributed by atoms with Gasteiger partial charge in [-0.05, 0) is 26.0 Å². The summed E-state index contributed by atoms with van der Waals surface area (Å²) in [5.41, 5.74) is 0.727. The molecule has 1 unspecified atom stereocenters. The fourth-order valence-corrected chi connectivity index (χ4v) is 4.16. The Balaban J connectivity index is 1.60. The van der Waals surface area contributed by atoms with Crippen molar-refractivity contribution < 1.29 is 17.9 Å². The molecule has 1 fully saturated rings. The van der Waals surface area contributed by atoms with Crippen LogP contribution in [-0.2, 0) is 4.74 Å². The van der Waals surface area contributed by atoms with Gasteiger partial charge in [0.15, 0.2) is 11.6 Å². The Kier molecular flexibility index (Phi) is 4.73. The van der Waals surface area contributed by atoms with Gasteiger partial charge in [0.05, 0.1) is 41.5 Å². The predicted molar refractivity (Wildman–Crippen MR) is 110 cm³/mol. The second-order valence-corrected chi connectivity index (χ2v) is 7.83. The van der Waals surface area contributed by atoms with Gasteiger partial charge in [0.25, 0.3) is 0 Å². The molecule has 2 N–H and O–H groups in total. The van der Waals surface area contributed by atoms with Gasteiger partial charge in [-0.25, -0.2) is 22.8 Å². The maximum absolute atomic E-state index is 14.6. The third-order valence-corrected chi connectivity index (χ3v) is 5.43. The predicted octanol–water partition coefficient (Wildman–Crippen LogP) is 3.83. The standard InChI is InChI=1S/C21H21F3N6O/c1-11-9-29(10-12(2)31-11)18-6-17-16(8-25-18)27-20(19-13(22)4-3-5-14(19)23)28-21-15(24)7-26-30(17)21/h3-8,11-12,20,27-28H,9-10H2,1-2H3/t11-,12-,20?/m0/s1. The molecule has 1 aromatic carbocycles. The lowest BCUT2D eigenvalue weighted by molar-refractivity contribution is -0.00545. The molecule has 0 radical (unpaired) electrons. The van der Waals surface area contributed by atoms with Crippen LogP contribution in [0.3, 0.4) is 0 Å². The van der Waals surface area contributed by atoms with E-state index in [1.54, 1.807) is 12.3 Å². The first-order valence-electron chi connectivity index (χ1n) is 10.0. The van der Waals surface area contributed by atoms with E-state index >= 15 is 0 Å². The molecule has 3 aromatic rings. The maximum Gasteiger partial charge on any atom is 0.185 e. The van der Waals surface area contributed by atoms with Gasteiger partial charge in [-0.3, -0.25) is 0 Å². The van der Waals surface area contributed by atoms with Crippen LogP contribution in [0.15, 0.2) is 36.7 Å². The van der Waals surface area contributed by atoms with E-state index in [1.165, 1.54) is 10.7 Å². The Morgan fingerprint density at radius 3 is 2.42 bits per heavy atom. The number of rotatable bonds is 2. The number of ether oxygens (including phenoxy) is 1. The lowest BCUT2D eigenvalue weighted by atomic mass is 10.1. The fourth-order valence-electron chi connectivity index (χ4n) is 4.16. The summed E-state index contributed by atoms with van der Waals surface area (Å²) in [7, 11) is 0. The van der Waals surface area contributed by atoms with Gasteiger partial charge in [0.2, 0.25) is 0 Å². The van der Waals surface area contributed by atoms with Crippen molar-refractivity contribution in [2.45, 2.75) is 32.2 Å². The molecule has 2 aliphatic rings. The molecule has 3 atom stereocenters. The minimum Gasteiger partial charge on any atom is -0.372 e. The quantitative estimate of drug-likeness (QED) is 0.644. The first-order chi connectivity index (χ1) is 14.9. The molecule has 162 valence electrons. The highest BCUT2D eigenvalue weighted by Crippen LogP contribution is 2.36. The Labute approximate surface area is 176 Å². The number of pyridine rings is 1. The first-order valence-corrected chi connectivity index (χ1v) is 10.0. The van der Waals surface area contributed by atoms with Crippen molar-refractivity contribution >= 4 is 17.3 Å². The zero-order valence-corrected chi connectivity index (χ0v) is 16.9. The zero-order chi connectivity index (χ0) is 21.7. The SMILES string of the molecule is C[C@H]1CN(c2cc3c(cn2)NC(c2c(F)cccc2F)Nc2c(F)cnn2-3)C[C@H](C)O1. The Bertz CT molecular complexity index is 1110. The van der Waals surface area contributed by atoms with Crippen LogP contribution in [-0.4, -0.2) is 40.1 Å². The van der Waals surface area contributed by atoms with E-state index in [9.17, 15) is 13.2 Å². The van der Waals surface area contributed by atoms with Crippen molar-refractivity contribution in [2.24, 2.45) is 0 Å². The minimum atomic E-state index is -1.07. The van der Waals surface area contributed by atoms with Gasteiger partial charge in [0, 0.05) is 19.2 Å². The Morgan fingerprint density at radius 1 is 1.00 bits per heavy atom. The largest absolute Gasteiger partial charge is 0.372 e. The van der Waals surface area contributed by atoms with Gasteiger partial charge in [-0.1, -0.05) is 6.07 Å². The van der Waals surface area contributed by atoms with Crippen LogP contribution >= 0.6 is 0 Å². The van der Waals surface area contributed by atoms with Gasteiger partial charge >= 0.3 is 0 Å². The summed E-state index contributed by atoms with van der Waals surface area (Å²) in [4.78, 5) is 6.62. The van der Waals surface area contributed by atoms with Crippen LogP contribution in [0.1, 0.15) is 25.6 Å². The number of hydrogen-bond acceptors (Lipinski definition) is 6. The van der Waals surface area contributed by atoms with Crippen LogP contribution in [0, 0.1) is 17.5 Å². The average molecular weight is 430 g/mol. The summed E-state index contributed by atoms with van der Waals surface area (Å²) >= 11 is 0. The molecule has 0 aliphatic carbocycles. The number of morpholine rings is 1. The molecule has 0 bridgehead atoms. The van der Waals surface area contributed by atoms with Gasteiger partial charge in [-0.2, -0.15) is 5.10 Å². The van der Waals surface area contributed by atoms with Gasteiger partial charge in [0.1, 0.15) is 23.6 Å². The molecular weight excluding hydrogens is 409 g/mol. The van der Waals surface area contributed by atoms with Crippen LogP contribution in [0.4, 0.5) is 30.5 Å². The second kappa shape index (κ2) is 7.45. The number of fused-ring (bicyclic) bond motifs is 3. The smallest absolute Gasteiger partial charge is 0.185 e. The highest BCUT2D eigenvalue weighted by molar-refractivity contribution is 5.70. The number of nitrogens with one attached hydrogen (secondary N) is 2. The normalized spacial score (nSPS) is 22.7. The topological polar surface area (TPSA) is 67.2 Å². The molecule has 0 saturated carbocycles. The number of nitrogens with zero attached hydrogens (tertiary/aromatic N) is 4. The van der Waals surface area contributed by atoms with Crippen LogP contribution in [0.25, 0.3) is 5.69 Å². The van der Waals surface area contributed by atoms with Crippen LogP contribution < -0.4 is 15.5 Å². The van der Waals surface area contributed by atoms with Crippen molar-refractivity contribution in [3.63, 3.8) is 0 Å². The summed E-state index contributed by atoms with van der Waals surface area (Å²) in [6, 6.07) is 5.37. The highest BCUT2D eigenvalue weighted by atomic mass is 19.1. The van der Waals surface area contributed by atoms with Crippen LogP contribution in [0.5, 0.6) is 0 Å². The van der Waals surface area contributed by atoms with Crippen molar-refractivity contribution in [1.82, 2.24) is 14.8 Å². The van der Waals surface area contributed by atoms with E-state index in [0.29, 0.717) is 30.3 Å². The van der Waals surface area contributed by atoms with E-state index in [0.717, 1.165) is 18.3 Å². The molecule has 0 amide bonds. The summed E-state index contributed by atoms with van der Waals surface area (Å²) < 4.78 is 50.6. The fraction of sp³-hybridized carbons (Fsp3) is 0.333. The third kappa shape index (κ3) is 3.46. The van der Waals surface area contributed by atoms with Gasteiger partial charge in [-0.15, -0.1) is 0 Å². The average Bonchev–Trinajstić information content (AvgIpc) is 2.99. The molecule has 5 rings (SSSR count). The zero-order valence-electron chi connectivity index (χ0n) is 16.9. The molecule has 31 heavy (non-hydrogen) atoms. The minimum absolute atomic E-state index is 0.000216. The van der Waals surface area contributed by atoms with Crippen molar-refractivity contribution in [3.05, 3.63) is 59.7 Å². The van der Waals surface area contributed by atoms with Crippen molar-refractivity contribution in [2.75, 3.05) is 28.6 Å². The molecule has 2 aromatic heterocycles. The van der Waals surface area contributed by atoms with E-state index in [4.69, 9.17) is 4.74 Å². The van der Waals surface area contributed by atoms with Crippen molar-refractivity contribution in [3.8, 4) is 5.69 Å². The number of anilines is 3. The van der Waals surface area contributed by atoms with E-state index in [-0.39, 0.29) is 23.6 Å². The second-order valence-electron chi connectivity index (χ2n) is 7.83. The summed E-state index contributed by atoms with van der Waals surface area (Å²) in [5, 5.41) is 10.0.